The smallest absolute Gasteiger partial charge is 0.169 e. The Bertz CT molecular complexity index is 375. The molecule has 3 heteroatoms. The molecule has 0 radical (unpaired) electrons. The number of Topliss-reactive ketones (excluding diaryl/α,β-unsaturated/α-hetero) is 1. The van der Waals surface area contributed by atoms with Crippen LogP contribution in [0.3, 0.4) is 0 Å². The summed E-state index contributed by atoms with van der Waals surface area (Å²) in [5.74, 6) is 3.14. The summed E-state index contributed by atoms with van der Waals surface area (Å²) >= 11 is 0. The van der Waals surface area contributed by atoms with Crippen LogP contribution in [0.25, 0.3) is 0 Å². The normalized spacial score (nSPS) is 39.2. The lowest BCUT2D eigenvalue weighted by atomic mass is 9.64. The van der Waals surface area contributed by atoms with Gasteiger partial charge >= 0.3 is 0 Å². The number of ketones is 1. The number of hydrogen-bond donors (Lipinski definition) is 0. The van der Waals surface area contributed by atoms with Crippen LogP contribution in [0.2, 0.25) is 0 Å². The van der Waals surface area contributed by atoms with Crippen LogP contribution < -0.4 is 0 Å². The minimum atomic E-state index is -0.433. The summed E-state index contributed by atoms with van der Waals surface area (Å²) < 4.78 is 11.6. The van der Waals surface area contributed by atoms with Crippen molar-refractivity contribution < 1.29 is 14.3 Å². The Morgan fingerprint density at radius 2 is 2.18 bits per heavy atom. The van der Waals surface area contributed by atoms with E-state index in [1.165, 1.54) is 0 Å². The monoisotopic (exact) mass is 234 g/mol. The van der Waals surface area contributed by atoms with Crippen molar-refractivity contribution in [2.45, 2.75) is 44.3 Å². The quantitative estimate of drug-likeness (QED) is 0.650. The Balaban J connectivity index is 1.88. The summed E-state index contributed by atoms with van der Waals surface area (Å²) in [7, 11) is 0. The predicted octanol–water partition coefficient (Wildman–Crippen LogP) is 1.90. The molecule has 2 saturated carbocycles. The van der Waals surface area contributed by atoms with Crippen LogP contribution in [-0.2, 0) is 14.3 Å². The molecule has 1 spiro atoms. The molecule has 0 aromatic rings. The van der Waals surface area contributed by atoms with Crippen LogP contribution in [0.4, 0.5) is 0 Å². The first kappa shape index (κ1) is 11.3. The summed E-state index contributed by atoms with van der Waals surface area (Å²) in [6.45, 7) is 1.34. The van der Waals surface area contributed by atoms with E-state index in [0.717, 1.165) is 19.3 Å². The van der Waals surface area contributed by atoms with E-state index in [-0.39, 0.29) is 5.41 Å². The lowest BCUT2D eigenvalue weighted by molar-refractivity contribution is -0.209. The van der Waals surface area contributed by atoms with Crippen molar-refractivity contribution in [3.05, 3.63) is 0 Å². The van der Waals surface area contributed by atoms with E-state index in [4.69, 9.17) is 15.9 Å². The van der Waals surface area contributed by atoms with Crippen molar-refractivity contribution in [2.24, 2.45) is 11.3 Å². The number of terminal acetylenes is 1. The highest BCUT2D eigenvalue weighted by molar-refractivity contribution is 5.82. The minimum absolute atomic E-state index is 0.0472. The second-order valence-electron chi connectivity index (χ2n) is 5.68. The second kappa shape index (κ2) is 3.83. The molecule has 92 valence electrons. The molecule has 3 fully saturated rings. The van der Waals surface area contributed by atoms with E-state index in [1.807, 2.05) is 0 Å². The third kappa shape index (κ3) is 1.71. The predicted molar refractivity (Wildman–Crippen MR) is 62.1 cm³/mol. The maximum Gasteiger partial charge on any atom is 0.169 e. The molecular weight excluding hydrogens is 216 g/mol. The van der Waals surface area contributed by atoms with Gasteiger partial charge in [-0.25, -0.2) is 0 Å². The van der Waals surface area contributed by atoms with Gasteiger partial charge in [0.2, 0.25) is 0 Å². The van der Waals surface area contributed by atoms with Gasteiger partial charge in [-0.3, -0.25) is 4.79 Å². The maximum absolute atomic E-state index is 11.7. The number of hydrogen-bond acceptors (Lipinski definition) is 3. The SMILES string of the molecule is C#CC[C@@]12CC(=O)C[C@@H]1CCC1(C2)OCCO1. The van der Waals surface area contributed by atoms with Gasteiger partial charge < -0.3 is 9.47 Å². The molecule has 17 heavy (non-hydrogen) atoms. The Morgan fingerprint density at radius 3 is 2.88 bits per heavy atom. The molecule has 1 aliphatic heterocycles. The summed E-state index contributed by atoms with van der Waals surface area (Å²) in [5.41, 5.74) is -0.0472. The van der Waals surface area contributed by atoms with Gasteiger partial charge in [-0.05, 0) is 17.8 Å². The van der Waals surface area contributed by atoms with Crippen LogP contribution in [0.5, 0.6) is 0 Å². The molecule has 3 nitrogen and oxygen atoms in total. The fraction of sp³-hybridized carbons (Fsp3) is 0.786. The summed E-state index contributed by atoms with van der Waals surface area (Å²) in [6, 6.07) is 0. The summed E-state index contributed by atoms with van der Waals surface area (Å²) in [4.78, 5) is 11.7. The van der Waals surface area contributed by atoms with Gasteiger partial charge in [-0.2, -0.15) is 0 Å². The van der Waals surface area contributed by atoms with Crippen LogP contribution in [0, 0.1) is 23.7 Å². The zero-order valence-electron chi connectivity index (χ0n) is 10.0. The van der Waals surface area contributed by atoms with Crippen molar-refractivity contribution in [3.63, 3.8) is 0 Å². The first-order chi connectivity index (χ1) is 8.18. The van der Waals surface area contributed by atoms with Crippen molar-refractivity contribution in [3.8, 4) is 12.3 Å². The lowest BCUT2D eigenvalue weighted by Gasteiger charge is -2.45. The molecule has 2 atom stereocenters. The number of fused-ring (bicyclic) bond motifs is 1. The van der Waals surface area contributed by atoms with E-state index >= 15 is 0 Å². The van der Waals surface area contributed by atoms with Crippen LogP contribution >= 0.6 is 0 Å². The number of rotatable bonds is 1. The molecule has 0 aromatic heterocycles. The Hall–Kier alpha value is -0.850. The fourth-order valence-electron chi connectivity index (χ4n) is 3.95. The lowest BCUT2D eigenvalue weighted by Crippen LogP contribution is -2.45. The maximum atomic E-state index is 11.7. The highest BCUT2D eigenvalue weighted by Crippen LogP contribution is 2.57. The van der Waals surface area contributed by atoms with Crippen LogP contribution in [0.1, 0.15) is 38.5 Å². The Kier molecular flexibility index (Phi) is 2.53. The second-order valence-corrected chi connectivity index (χ2v) is 5.68. The number of carbonyl (C=O) groups is 1. The molecule has 0 amide bonds. The summed E-state index contributed by atoms with van der Waals surface area (Å²) in [6.07, 6.45) is 10.2. The average molecular weight is 234 g/mol. The van der Waals surface area contributed by atoms with Gasteiger partial charge in [0.05, 0.1) is 13.2 Å². The molecule has 3 aliphatic rings. The van der Waals surface area contributed by atoms with E-state index < -0.39 is 5.79 Å². The van der Waals surface area contributed by atoms with Crippen molar-refractivity contribution in [2.75, 3.05) is 13.2 Å². The van der Waals surface area contributed by atoms with Gasteiger partial charge in [0.15, 0.2) is 5.79 Å². The molecular formula is C14H18O3. The Morgan fingerprint density at radius 1 is 1.41 bits per heavy atom. The van der Waals surface area contributed by atoms with Gasteiger partial charge in [0.1, 0.15) is 5.78 Å². The number of ether oxygens (including phenoxy) is 2. The number of carbonyl (C=O) groups excluding carboxylic acids is 1. The third-order valence-corrected chi connectivity index (χ3v) is 4.65. The highest BCUT2D eigenvalue weighted by Gasteiger charge is 2.56. The average Bonchev–Trinajstić information content (AvgIpc) is 2.83. The molecule has 0 aromatic carbocycles. The molecule has 1 saturated heterocycles. The highest BCUT2D eigenvalue weighted by atomic mass is 16.7. The molecule has 0 N–H and O–H groups in total. The minimum Gasteiger partial charge on any atom is -0.348 e. The van der Waals surface area contributed by atoms with Crippen molar-refractivity contribution in [1.82, 2.24) is 0 Å². The van der Waals surface area contributed by atoms with Crippen molar-refractivity contribution >= 4 is 5.78 Å². The first-order valence-electron chi connectivity index (χ1n) is 6.41. The van der Waals surface area contributed by atoms with Gasteiger partial charge in [0.25, 0.3) is 0 Å². The van der Waals surface area contributed by atoms with Gasteiger partial charge in [-0.15, -0.1) is 12.3 Å². The topological polar surface area (TPSA) is 35.5 Å². The molecule has 0 bridgehead atoms. The molecule has 0 unspecified atom stereocenters. The van der Waals surface area contributed by atoms with E-state index in [1.54, 1.807) is 0 Å². The van der Waals surface area contributed by atoms with Gasteiger partial charge in [-0.1, -0.05) is 0 Å². The zero-order valence-corrected chi connectivity index (χ0v) is 10.0. The fourth-order valence-corrected chi connectivity index (χ4v) is 3.95. The molecule has 3 rings (SSSR count). The zero-order chi connectivity index (χ0) is 11.9. The van der Waals surface area contributed by atoms with Crippen LogP contribution in [-0.4, -0.2) is 24.8 Å². The van der Waals surface area contributed by atoms with E-state index in [2.05, 4.69) is 5.92 Å². The van der Waals surface area contributed by atoms with E-state index in [0.29, 0.717) is 44.2 Å². The first-order valence-corrected chi connectivity index (χ1v) is 6.41. The molecule has 1 heterocycles. The summed E-state index contributed by atoms with van der Waals surface area (Å²) in [5, 5.41) is 0. The van der Waals surface area contributed by atoms with E-state index in [9.17, 15) is 4.79 Å². The largest absolute Gasteiger partial charge is 0.348 e. The molecule has 2 aliphatic carbocycles. The van der Waals surface area contributed by atoms with Gasteiger partial charge in [0, 0.05) is 32.1 Å². The standard InChI is InChI=1S/C14H18O3/c1-2-4-13-9-12(15)8-11(13)3-5-14(10-13)16-6-7-17-14/h1,11H,3-10H2/t11-,13-/m0/s1. The van der Waals surface area contributed by atoms with Crippen LogP contribution in [0.15, 0.2) is 0 Å². The van der Waals surface area contributed by atoms with Crippen molar-refractivity contribution in [1.29, 1.82) is 0 Å². The Labute approximate surface area is 102 Å². The third-order valence-electron chi connectivity index (χ3n) is 4.65.